The number of carbonyl (C=O) groups is 2. The van der Waals surface area contributed by atoms with Crippen LogP contribution in [0.4, 0.5) is 11.4 Å². The van der Waals surface area contributed by atoms with Gasteiger partial charge in [0.15, 0.2) is 0 Å². The summed E-state index contributed by atoms with van der Waals surface area (Å²) in [6.07, 6.45) is 4.64. The highest BCUT2D eigenvalue weighted by molar-refractivity contribution is 7.93. The van der Waals surface area contributed by atoms with Gasteiger partial charge in [0.25, 0.3) is 10.8 Å². The summed E-state index contributed by atoms with van der Waals surface area (Å²) in [5.41, 5.74) is 5.40. The number of fused-ring (bicyclic) bond motifs is 1. The van der Waals surface area contributed by atoms with Gasteiger partial charge in [-0.1, -0.05) is 29.8 Å². The number of aliphatic imine (C=N–C) groups is 1. The number of hydrogen-bond donors (Lipinski definition) is 2. The number of aryl methyl sites for hydroxylation is 2. The highest BCUT2D eigenvalue weighted by Gasteiger charge is 2.61. The van der Waals surface area contributed by atoms with Crippen LogP contribution in [0.25, 0.3) is 0 Å². The number of nitrogens with one attached hydrogen (secondary N) is 2. The molecular formula is C28H29ClN6O4S. The Balaban J connectivity index is 1.79. The molecule has 1 aromatic heterocycles. The monoisotopic (exact) mass is 580 g/mol. The molecule has 10 nitrogen and oxygen atoms in total. The number of aromatic nitrogens is 1. The molecule has 2 unspecified atom stereocenters. The van der Waals surface area contributed by atoms with Crippen LogP contribution in [0.2, 0.25) is 5.02 Å². The van der Waals surface area contributed by atoms with E-state index < -0.39 is 26.7 Å². The molecule has 2 aliphatic rings. The number of halogens is 1. The maximum atomic E-state index is 15.0. The fraction of sp³-hybridized carbons (Fsp3) is 0.286. The van der Waals surface area contributed by atoms with E-state index >= 15 is 0 Å². The molecule has 0 aliphatic carbocycles. The number of benzodiazepines with no additional fused rings is 1. The van der Waals surface area contributed by atoms with Crippen LogP contribution in [0.1, 0.15) is 23.6 Å². The summed E-state index contributed by atoms with van der Waals surface area (Å²) in [5, 5.41) is 4.89. The minimum Gasteiger partial charge on any atom is -0.362 e. The topological polar surface area (TPSA) is 124 Å². The Hall–Kier alpha value is -3.80. The third-order valence-corrected chi connectivity index (χ3v) is 10.0. The smallest absolute Gasteiger partial charge is 0.270 e. The third-order valence-electron chi connectivity index (χ3n) is 7.23. The van der Waals surface area contributed by atoms with Gasteiger partial charge in [0, 0.05) is 67.1 Å². The lowest BCUT2D eigenvalue weighted by molar-refractivity contribution is -0.124. The van der Waals surface area contributed by atoms with Crippen molar-refractivity contribution in [3.63, 3.8) is 0 Å². The van der Waals surface area contributed by atoms with Gasteiger partial charge in [0.2, 0.25) is 15.7 Å². The molecule has 2 amide bonds. The third kappa shape index (κ3) is 4.74. The molecule has 40 heavy (non-hydrogen) atoms. The second-order valence-electron chi connectivity index (χ2n) is 9.89. The molecule has 0 spiro atoms. The van der Waals surface area contributed by atoms with Crippen LogP contribution in [0.5, 0.6) is 0 Å². The van der Waals surface area contributed by atoms with Crippen LogP contribution < -0.4 is 15.6 Å². The van der Waals surface area contributed by atoms with Gasteiger partial charge >= 0.3 is 0 Å². The zero-order valence-electron chi connectivity index (χ0n) is 22.3. The Kier molecular flexibility index (Phi) is 7.38. The minimum atomic E-state index is -4.54. The molecule has 1 fully saturated rings. The van der Waals surface area contributed by atoms with E-state index in [0.29, 0.717) is 46.2 Å². The lowest BCUT2D eigenvalue weighted by atomic mass is 10.0. The van der Waals surface area contributed by atoms with E-state index in [9.17, 15) is 18.0 Å². The molecule has 208 valence electrons. The van der Waals surface area contributed by atoms with Gasteiger partial charge in [-0.05, 0) is 55.3 Å². The van der Waals surface area contributed by atoms with Crippen LogP contribution in [0.3, 0.4) is 0 Å². The molecule has 2 aromatic carbocycles. The molecule has 5 rings (SSSR count). The van der Waals surface area contributed by atoms with Crippen molar-refractivity contribution < 1.29 is 18.0 Å². The number of pyridine rings is 1. The quantitative estimate of drug-likeness (QED) is 0.475. The summed E-state index contributed by atoms with van der Waals surface area (Å²) in [5.74, 6) is -1.10. The van der Waals surface area contributed by atoms with Crippen molar-refractivity contribution >= 4 is 50.8 Å². The Morgan fingerprint density at radius 2 is 1.82 bits per heavy atom. The van der Waals surface area contributed by atoms with Gasteiger partial charge in [-0.25, -0.2) is 13.4 Å². The van der Waals surface area contributed by atoms with Gasteiger partial charge in [-0.15, -0.1) is 0 Å². The molecule has 2 N–H and O–H groups in total. The first-order valence-electron chi connectivity index (χ1n) is 12.7. The molecule has 3 heterocycles. The normalized spacial score (nSPS) is 21.4. The van der Waals surface area contributed by atoms with Crippen molar-refractivity contribution in [1.29, 1.82) is 0 Å². The number of anilines is 2. The van der Waals surface area contributed by atoms with E-state index in [0.717, 1.165) is 0 Å². The second kappa shape index (κ2) is 10.6. The number of carbonyl (C=O) groups excluding carboxylic acids is 2. The lowest BCUT2D eigenvalue weighted by Crippen LogP contribution is -2.70. The van der Waals surface area contributed by atoms with Crippen molar-refractivity contribution in [3.8, 4) is 0 Å². The van der Waals surface area contributed by atoms with E-state index in [-0.39, 0.29) is 17.3 Å². The van der Waals surface area contributed by atoms with Gasteiger partial charge in [-0.2, -0.15) is 0 Å². The van der Waals surface area contributed by atoms with Crippen molar-refractivity contribution in [2.45, 2.75) is 36.6 Å². The van der Waals surface area contributed by atoms with Gasteiger partial charge in [0.1, 0.15) is 0 Å². The van der Waals surface area contributed by atoms with Crippen LogP contribution in [0.15, 0.2) is 70.8 Å². The predicted octanol–water partition coefficient (Wildman–Crippen LogP) is 3.13. The summed E-state index contributed by atoms with van der Waals surface area (Å²) >= 11 is 6.33. The number of rotatable bonds is 5. The Labute approximate surface area is 238 Å². The standard InChI is InChI=1S/C28H29ClN6O4S/c1-18-15-25(19(2)14-23(18)29)40(38,39)28(27(37)32-24-7-5-4-6-21(24)16-31-28)26-17-34(33-20(3)36)12-13-35(26)22-8-10-30-11-9-22/h4-11,14-16,26H,12-13,17H2,1-3H3,(H,32,37)(H,33,36). The summed E-state index contributed by atoms with van der Waals surface area (Å²) in [4.78, 5) is 34.7. The molecule has 1 saturated heterocycles. The van der Waals surface area contributed by atoms with Crippen molar-refractivity contribution in [1.82, 2.24) is 15.4 Å². The van der Waals surface area contributed by atoms with Crippen LogP contribution in [-0.4, -0.2) is 67.0 Å². The number of amides is 2. The number of benzene rings is 2. The van der Waals surface area contributed by atoms with E-state index in [1.165, 1.54) is 19.2 Å². The second-order valence-corrected chi connectivity index (χ2v) is 12.4. The first-order chi connectivity index (χ1) is 19.0. The van der Waals surface area contributed by atoms with E-state index in [1.807, 2.05) is 4.90 Å². The average Bonchev–Trinajstić information content (AvgIpc) is 3.07. The first kappa shape index (κ1) is 27.8. The zero-order chi connectivity index (χ0) is 28.7. The molecular weight excluding hydrogens is 552 g/mol. The number of piperazine rings is 1. The molecule has 0 bridgehead atoms. The molecule has 0 saturated carbocycles. The van der Waals surface area contributed by atoms with E-state index in [1.54, 1.807) is 73.7 Å². The summed E-state index contributed by atoms with van der Waals surface area (Å²) < 4.78 is 29.9. The number of hydrazine groups is 1. The number of para-hydroxylation sites is 1. The lowest BCUT2D eigenvalue weighted by Gasteiger charge is -2.48. The van der Waals surface area contributed by atoms with Crippen molar-refractivity contribution in [3.05, 3.63) is 82.6 Å². The highest BCUT2D eigenvalue weighted by Crippen LogP contribution is 2.41. The zero-order valence-corrected chi connectivity index (χ0v) is 23.8. The summed E-state index contributed by atoms with van der Waals surface area (Å²) in [6, 6.07) is 12.5. The number of nitrogens with zero attached hydrogens (tertiary/aromatic N) is 4. The summed E-state index contributed by atoms with van der Waals surface area (Å²) in [7, 11) is -4.54. The predicted molar refractivity (Wildman–Crippen MR) is 154 cm³/mol. The average molecular weight is 581 g/mol. The minimum absolute atomic E-state index is 0.00609. The van der Waals surface area contributed by atoms with Gasteiger partial charge in [-0.3, -0.25) is 25.0 Å². The van der Waals surface area contributed by atoms with Gasteiger partial charge < -0.3 is 10.2 Å². The fourth-order valence-electron chi connectivity index (χ4n) is 5.27. The SMILES string of the molecule is CC(=O)NN1CCN(c2ccncc2)C(C2(S(=O)(=O)c3cc(C)c(Cl)cc3C)N=Cc3ccccc3NC2=O)C1. The van der Waals surface area contributed by atoms with Crippen LogP contribution in [0, 0.1) is 13.8 Å². The molecule has 2 aliphatic heterocycles. The molecule has 0 radical (unpaired) electrons. The molecule has 3 aromatic rings. The van der Waals surface area contributed by atoms with Crippen LogP contribution >= 0.6 is 11.6 Å². The maximum absolute atomic E-state index is 15.0. The van der Waals surface area contributed by atoms with E-state index in [2.05, 4.69) is 20.7 Å². The van der Waals surface area contributed by atoms with Crippen molar-refractivity contribution in [2.75, 3.05) is 29.9 Å². The molecule has 2 atom stereocenters. The van der Waals surface area contributed by atoms with Crippen LogP contribution in [-0.2, 0) is 19.4 Å². The first-order valence-corrected chi connectivity index (χ1v) is 14.6. The van der Waals surface area contributed by atoms with Crippen molar-refractivity contribution in [2.24, 2.45) is 4.99 Å². The number of hydrogen-bond acceptors (Lipinski definition) is 8. The van der Waals surface area contributed by atoms with Gasteiger partial charge in [0.05, 0.1) is 10.9 Å². The largest absolute Gasteiger partial charge is 0.362 e. The van der Waals surface area contributed by atoms with E-state index in [4.69, 9.17) is 11.6 Å². The molecule has 12 heteroatoms. The maximum Gasteiger partial charge on any atom is 0.270 e. The fourth-order valence-corrected chi connectivity index (χ4v) is 7.68. The number of sulfone groups is 1. The Bertz CT molecular complexity index is 1610. The summed E-state index contributed by atoms with van der Waals surface area (Å²) in [6.45, 7) is 5.42. The Morgan fingerprint density at radius 3 is 2.55 bits per heavy atom. The highest BCUT2D eigenvalue weighted by atomic mass is 35.5. The Morgan fingerprint density at radius 1 is 1.10 bits per heavy atom.